The van der Waals surface area contributed by atoms with E-state index < -0.39 is 0 Å². The molecule has 7 aromatic carbocycles. The first-order valence-electron chi connectivity index (χ1n) is 17.3. The van der Waals surface area contributed by atoms with Gasteiger partial charge in [0.2, 0.25) is 0 Å². The van der Waals surface area contributed by atoms with E-state index in [1.165, 1.54) is 64.6 Å². The van der Waals surface area contributed by atoms with Gasteiger partial charge in [-0.15, -0.1) is 11.3 Å². The zero-order valence-corrected chi connectivity index (χ0v) is 28.3. The van der Waals surface area contributed by atoms with Crippen molar-refractivity contribution < 1.29 is 0 Å². The molecule has 0 spiro atoms. The zero-order chi connectivity index (χ0) is 33.5. The number of fused-ring (bicyclic) bond motifs is 11. The van der Waals surface area contributed by atoms with Crippen molar-refractivity contribution >= 4 is 70.5 Å². The molecule has 0 saturated heterocycles. The second-order valence-electron chi connectivity index (χ2n) is 13.1. The van der Waals surface area contributed by atoms with Crippen LogP contribution in [0.25, 0.3) is 81.3 Å². The molecule has 4 heteroatoms. The van der Waals surface area contributed by atoms with E-state index in [0.29, 0.717) is 0 Å². The van der Waals surface area contributed by atoms with Gasteiger partial charge in [-0.1, -0.05) is 121 Å². The standard InChI is InChI=1S/C47H29N3S/c1-2-14-31(15-3-1)50-40-23-11-6-18-35(40)44-34-17-5-10-22-39(34)49(41-24-12-7-19-36(41)46(44)50)32-28-26-30(27-29-32)43-33-16-4-9-21-38(33)48-45-37-20-8-13-25-42(37)51-47(43)45/h1-29H. The second-order valence-corrected chi connectivity index (χ2v) is 14.2. The van der Waals surface area contributed by atoms with Gasteiger partial charge in [0.25, 0.3) is 0 Å². The molecular formula is C47H29N3S. The first kappa shape index (κ1) is 28.4. The first-order chi connectivity index (χ1) is 25.3. The van der Waals surface area contributed by atoms with Crippen LogP contribution in [0, 0.1) is 0 Å². The predicted octanol–water partition coefficient (Wildman–Crippen LogP) is 13.3. The third kappa shape index (κ3) is 4.14. The van der Waals surface area contributed by atoms with Crippen molar-refractivity contribution in [3.63, 3.8) is 0 Å². The Morgan fingerprint density at radius 1 is 0.451 bits per heavy atom. The summed E-state index contributed by atoms with van der Waals surface area (Å²) in [6, 6.07) is 63.6. The molecule has 3 nitrogen and oxygen atoms in total. The Morgan fingerprint density at radius 2 is 1.08 bits per heavy atom. The van der Waals surface area contributed by atoms with Crippen LogP contribution in [-0.2, 0) is 0 Å². The number of anilines is 3. The van der Waals surface area contributed by atoms with E-state index in [9.17, 15) is 0 Å². The summed E-state index contributed by atoms with van der Waals surface area (Å²) in [6.45, 7) is 0. The quantitative estimate of drug-likeness (QED) is 0.187. The summed E-state index contributed by atoms with van der Waals surface area (Å²) in [5.41, 5.74) is 15.2. The number of pyridine rings is 1. The number of thiophene rings is 1. The van der Waals surface area contributed by atoms with E-state index in [1.54, 1.807) is 0 Å². The minimum absolute atomic E-state index is 1.02. The van der Waals surface area contributed by atoms with Crippen LogP contribution in [0.1, 0.15) is 0 Å². The van der Waals surface area contributed by atoms with Crippen molar-refractivity contribution in [3.8, 4) is 39.2 Å². The fourth-order valence-corrected chi connectivity index (χ4v) is 9.39. The summed E-state index contributed by atoms with van der Waals surface area (Å²) >= 11 is 1.83. The first-order valence-corrected chi connectivity index (χ1v) is 18.1. The average molecular weight is 668 g/mol. The van der Waals surface area contributed by atoms with Crippen LogP contribution in [0.5, 0.6) is 0 Å². The van der Waals surface area contributed by atoms with Crippen LogP contribution in [0.15, 0.2) is 176 Å². The minimum Gasteiger partial charge on any atom is -0.309 e. The van der Waals surface area contributed by atoms with Gasteiger partial charge in [-0.2, -0.15) is 0 Å². The van der Waals surface area contributed by atoms with Crippen molar-refractivity contribution in [1.29, 1.82) is 0 Å². The monoisotopic (exact) mass is 667 g/mol. The summed E-state index contributed by atoms with van der Waals surface area (Å²) in [6.07, 6.45) is 0. The number of hydrogen-bond donors (Lipinski definition) is 0. The average Bonchev–Trinajstić information content (AvgIpc) is 3.70. The summed E-state index contributed by atoms with van der Waals surface area (Å²) in [5, 5.41) is 3.63. The number of para-hydroxylation sites is 5. The van der Waals surface area contributed by atoms with Crippen LogP contribution < -0.4 is 4.90 Å². The lowest BCUT2D eigenvalue weighted by molar-refractivity contribution is 1.13. The Hall–Kier alpha value is -6.49. The number of hydrogen-bond acceptors (Lipinski definition) is 3. The van der Waals surface area contributed by atoms with Gasteiger partial charge in [0.1, 0.15) is 0 Å². The maximum atomic E-state index is 5.17. The largest absolute Gasteiger partial charge is 0.309 e. The third-order valence-corrected chi connectivity index (χ3v) is 11.5. The van der Waals surface area contributed by atoms with Gasteiger partial charge < -0.3 is 9.47 Å². The molecule has 0 saturated carbocycles. The molecule has 0 aliphatic carbocycles. The van der Waals surface area contributed by atoms with E-state index in [2.05, 4.69) is 185 Å². The lowest BCUT2D eigenvalue weighted by Gasteiger charge is -2.27. The van der Waals surface area contributed by atoms with Crippen LogP contribution in [0.4, 0.5) is 17.1 Å². The van der Waals surface area contributed by atoms with Gasteiger partial charge in [0.05, 0.1) is 38.3 Å². The predicted molar refractivity (Wildman–Crippen MR) is 216 cm³/mol. The summed E-state index contributed by atoms with van der Waals surface area (Å²) in [4.78, 5) is 7.61. The molecule has 11 rings (SSSR count). The van der Waals surface area contributed by atoms with Gasteiger partial charge in [0.15, 0.2) is 0 Å². The third-order valence-electron chi connectivity index (χ3n) is 10.3. The summed E-state index contributed by atoms with van der Waals surface area (Å²) < 4.78 is 4.93. The molecule has 0 bridgehead atoms. The summed E-state index contributed by atoms with van der Waals surface area (Å²) in [5.74, 6) is 0. The van der Waals surface area contributed by atoms with Crippen LogP contribution in [-0.4, -0.2) is 9.55 Å². The fourth-order valence-electron chi connectivity index (χ4n) is 8.17. The highest BCUT2D eigenvalue weighted by Gasteiger charge is 2.31. The fraction of sp³-hybridized carbons (Fsp3) is 0. The maximum Gasteiger partial charge on any atom is 0.0902 e. The van der Waals surface area contributed by atoms with E-state index in [4.69, 9.17) is 4.98 Å². The molecule has 238 valence electrons. The van der Waals surface area contributed by atoms with E-state index in [0.717, 1.165) is 33.8 Å². The van der Waals surface area contributed by atoms with Crippen LogP contribution in [0.2, 0.25) is 0 Å². The van der Waals surface area contributed by atoms with Crippen molar-refractivity contribution in [2.24, 2.45) is 0 Å². The highest BCUT2D eigenvalue weighted by molar-refractivity contribution is 7.26. The molecule has 51 heavy (non-hydrogen) atoms. The maximum absolute atomic E-state index is 5.17. The molecule has 0 fully saturated rings. The minimum atomic E-state index is 1.02. The van der Waals surface area contributed by atoms with Crippen molar-refractivity contribution in [1.82, 2.24) is 9.55 Å². The van der Waals surface area contributed by atoms with Crippen LogP contribution >= 0.6 is 11.3 Å². The van der Waals surface area contributed by atoms with Gasteiger partial charge in [-0.25, -0.2) is 4.98 Å². The zero-order valence-electron chi connectivity index (χ0n) is 27.5. The SMILES string of the molecule is c1ccc(-n2c3c(c4ccccc42)-c2ccccc2N(c2ccc(-c4c5ccccc5nc5c4sc4ccccc45)cc2)c2ccccc2-3)cc1. The Kier molecular flexibility index (Phi) is 6.12. The van der Waals surface area contributed by atoms with Gasteiger partial charge in [0, 0.05) is 54.5 Å². The molecule has 4 heterocycles. The lowest BCUT2D eigenvalue weighted by Crippen LogP contribution is -2.11. The highest BCUT2D eigenvalue weighted by atomic mass is 32.1. The lowest BCUT2D eigenvalue weighted by atomic mass is 9.98. The van der Waals surface area contributed by atoms with Gasteiger partial charge in [-0.05, 0) is 60.2 Å². The van der Waals surface area contributed by atoms with Crippen molar-refractivity contribution in [3.05, 3.63) is 176 Å². The van der Waals surface area contributed by atoms with E-state index >= 15 is 0 Å². The van der Waals surface area contributed by atoms with Gasteiger partial charge >= 0.3 is 0 Å². The molecule has 0 N–H and O–H groups in total. The summed E-state index contributed by atoms with van der Waals surface area (Å²) in [7, 11) is 0. The molecule has 0 amide bonds. The Morgan fingerprint density at radius 3 is 1.90 bits per heavy atom. The smallest absolute Gasteiger partial charge is 0.0902 e. The molecule has 1 aliphatic rings. The van der Waals surface area contributed by atoms with E-state index in [-0.39, 0.29) is 0 Å². The van der Waals surface area contributed by atoms with Crippen LogP contribution in [0.3, 0.4) is 0 Å². The normalized spacial score (nSPS) is 12.3. The number of rotatable bonds is 3. The molecule has 1 aliphatic heterocycles. The Labute approximate surface area is 298 Å². The Balaban J connectivity index is 1.16. The van der Waals surface area contributed by atoms with Crippen molar-refractivity contribution in [2.45, 2.75) is 0 Å². The topological polar surface area (TPSA) is 21.1 Å². The molecular weight excluding hydrogens is 639 g/mol. The molecule has 3 aromatic heterocycles. The number of nitrogens with zero attached hydrogens (tertiary/aromatic N) is 3. The van der Waals surface area contributed by atoms with E-state index in [1.807, 2.05) is 11.3 Å². The number of aromatic nitrogens is 2. The molecule has 0 radical (unpaired) electrons. The Bertz CT molecular complexity index is 2970. The second kappa shape index (κ2) is 11.0. The molecule has 0 unspecified atom stereocenters. The van der Waals surface area contributed by atoms with Gasteiger partial charge in [-0.3, -0.25) is 0 Å². The molecule has 10 aromatic rings. The highest BCUT2D eigenvalue weighted by Crippen LogP contribution is 2.54. The molecule has 0 atom stereocenters. The number of benzene rings is 7. The van der Waals surface area contributed by atoms with Crippen molar-refractivity contribution in [2.75, 3.05) is 4.90 Å².